The van der Waals surface area contributed by atoms with Gasteiger partial charge in [-0.2, -0.15) is 0 Å². The van der Waals surface area contributed by atoms with Gasteiger partial charge in [-0.1, -0.05) is 35.5 Å². The molecule has 1 saturated heterocycles. The first-order valence-corrected chi connectivity index (χ1v) is 8.57. The van der Waals surface area contributed by atoms with Gasteiger partial charge >= 0.3 is 5.97 Å². The molecule has 1 aromatic heterocycles. The molecular formula is C18H22N4O3. The summed E-state index contributed by atoms with van der Waals surface area (Å²) >= 11 is 0. The van der Waals surface area contributed by atoms with E-state index in [0.29, 0.717) is 31.7 Å². The molecule has 1 aliphatic rings. The molecule has 0 spiro atoms. The number of benzene rings is 1. The molecule has 0 bridgehead atoms. The standard InChI is InChI=1S/C18H22N4O3/c23-17(24)9-8-15-7-4-10-21(11-15)18(25)16-13-22(20-19-16)12-14-5-2-1-3-6-14/h1-3,5-6,13,15H,4,7-12H2,(H,23,24). The fourth-order valence-corrected chi connectivity index (χ4v) is 3.22. The molecule has 7 heteroatoms. The summed E-state index contributed by atoms with van der Waals surface area (Å²) in [6.07, 6.45) is 4.31. The Morgan fingerprint density at radius 2 is 2.04 bits per heavy atom. The molecule has 132 valence electrons. The van der Waals surface area contributed by atoms with Crippen LogP contribution in [0.5, 0.6) is 0 Å². The molecule has 7 nitrogen and oxygen atoms in total. The fraction of sp³-hybridized carbons (Fsp3) is 0.444. The third-order valence-corrected chi connectivity index (χ3v) is 4.52. The molecule has 2 aromatic rings. The zero-order valence-corrected chi connectivity index (χ0v) is 14.0. The predicted octanol–water partition coefficient (Wildman–Crippen LogP) is 2.04. The van der Waals surface area contributed by atoms with Gasteiger partial charge in [-0.05, 0) is 30.7 Å². The van der Waals surface area contributed by atoms with Crippen molar-refractivity contribution in [1.29, 1.82) is 0 Å². The highest BCUT2D eigenvalue weighted by Gasteiger charge is 2.26. The van der Waals surface area contributed by atoms with E-state index in [0.717, 1.165) is 18.4 Å². The number of nitrogens with zero attached hydrogens (tertiary/aromatic N) is 4. The van der Waals surface area contributed by atoms with Crippen LogP contribution < -0.4 is 0 Å². The van der Waals surface area contributed by atoms with E-state index in [2.05, 4.69) is 10.3 Å². The molecule has 3 rings (SSSR count). The van der Waals surface area contributed by atoms with Gasteiger partial charge in [-0.15, -0.1) is 5.10 Å². The third-order valence-electron chi connectivity index (χ3n) is 4.52. The Bertz CT molecular complexity index is 729. The van der Waals surface area contributed by atoms with E-state index in [-0.39, 0.29) is 18.2 Å². The highest BCUT2D eigenvalue weighted by atomic mass is 16.4. The molecule has 1 unspecified atom stereocenters. The normalized spacial score (nSPS) is 17.4. The maximum absolute atomic E-state index is 12.6. The summed E-state index contributed by atoms with van der Waals surface area (Å²) in [5.74, 6) is -0.667. The van der Waals surface area contributed by atoms with Crippen LogP contribution in [0.15, 0.2) is 36.5 Å². The molecule has 1 aromatic carbocycles. The van der Waals surface area contributed by atoms with E-state index in [1.165, 1.54) is 0 Å². The van der Waals surface area contributed by atoms with Crippen LogP contribution in [-0.2, 0) is 11.3 Å². The molecule has 0 aliphatic carbocycles. The number of carbonyl (C=O) groups is 2. The second-order valence-corrected chi connectivity index (χ2v) is 6.48. The van der Waals surface area contributed by atoms with Gasteiger partial charge < -0.3 is 10.0 Å². The van der Waals surface area contributed by atoms with Gasteiger partial charge in [0.2, 0.25) is 0 Å². The van der Waals surface area contributed by atoms with Gasteiger partial charge in [0.15, 0.2) is 5.69 Å². The highest BCUT2D eigenvalue weighted by Crippen LogP contribution is 2.22. The molecule has 0 saturated carbocycles. The summed E-state index contributed by atoms with van der Waals surface area (Å²) < 4.78 is 1.66. The maximum atomic E-state index is 12.6. The van der Waals surface area contributed by atoms with Crippen LogP contribution in [0, 0.1) is 5.92 Å². The van der Waals surface area contributed by atoms with Crippen LogP contribution in [0.3, 0.4) is 0 Å². The van der Waals surface area contributed by atoms with Crippen molar-refractivity contribution in [2.45, 2.75) is 32.2 Å². The number of carbonyl (C=O) groups excluding carboxylic acids is 1. The average molecular weight is 342 g/mol. The van der Waals surface area contributed by atoms with Crippen molar-refractivity contribution in [3.05, 3.63) is 47.8 Å². The summed E-state index contributed by atoms with van der Waals surface area (Å²) in [6.45, 7) is 1.86. The van der Waals surface area contributed by atoms with E-state index >= 15 is 0 Å². The van der Waals surface area contributed by atoms with Crippen LogP contribution in [0.4, 0.5) is 0 Å². The number of carboxylic acid groups (broad SMARTS) is 1. The smallest absolute Gasteiger partial charge is 0.303 e. The van der Waals surface area contributed by atoms with Gasteiger partial charge in [0, 0.05) is 19.5 Å². The minimum Gasteiger partial charge on any atom is -0.481 e. The number of aromatic nitrogens is 3. The Labute approximate surface area is 146 Å². The topological polar surface area (TPSA) is 88.3 Å². The summed E-state index contributed by atoms with van der Waals surface area (Å²) in [5, 5.41) is 16.9. The van der Waals surface area contributed by atoms with Gasteiger partial charge in [-0.25, -0.2) is 4.68 Å². The quantitative estimate of drug-likeness (QED) is 0.868. The number of hydrogen-bond donors (Lipinski definition) is 1. The van der Waals surface area contributed by atoms with Gasteiger partial charge in [0.1, 0.15) is 0 Å². The van der Waals surface area contributed by atoms with Gasteiger partial charge in [0.25, 0.3) is 5.91 Å². The molecule has 25 heavy (non-hydrogen) atoms. The summed E-state index contributed by atoms with van der Waals surface area (Å²) in [4.78, 5) is 25.1. The number of amides is 1. The van der Waals surface area contributed by atoms with Crippen LogP contribution in [0.25, 0.3) is 0 Å². The van der Waals surface area contributed by atoms with Crippen molar-refractivity contribution >= 4 is 11.9 Å². The number of rotatable bonds is 6. The minimum atomic E-state index is -0.785. The largest absolute Gasteiger partial charge is 0.481 e. The third kappa shape index (κ3) is 4.65. The first-order valence-electron chi connectivity index (χ1n) is 8.57. The second kappa shape index (κ2) is 7.92. The Hall–Kier alpha value is -2.70. The van der Waals surface area contributed by atoms with Crippen molar-refractivity contribution in [2.24, 2.45) is 5.92 Å². The van der Waals surface area contributed by atoms with Crippen LogP contribution in [0.2, 0.25) is 0 Å². The number of piperidine rings is 1. The van der Waals surface area contributed by atoms with E-state index in [4.69, 9.17) is 5.11 Å². The van der Waals surface area contributed by atoms with Gasteiger partial charge in [-0.3, -0.25) is 9.59 Å². The maximum Gasteiger partial charge on any atom is 0.303 e. The molecule has 1 atom stereocenters. The van der Waals surface area contributed by atoms with Crippen molar-refractivity contribution in [2.75, 3.05) is 13.1 Å². The van der Waals surface area contributed by atoms with E-state index in [9.17, 15) is 9.59 Å². The molecule has 1 N–H and O–H groups in total. The van der Waals surface area contributed by atoms with Crippen molar-refractivity contribution in [3.63, 3.8) is 0 Å². The van der Waals surface area contributed by atoms with E-state index < -0.39 is 5.97 Å². The monoisotopic (exact) mass is 342 g/mol. The lowest BCUT2D eigenvalue weighted by molar-refractivity contribution is -0.137. The highest BCUT2D eigenvalue weighted by molar-refractivity contribution is 5.92. The average Bonchev–Trinajstić information content (AvgIpc) is 3.09. The zero-order chi connectivity index (χ0) is 17.6. The Kier molecular flexibility index (Phi) is 5.42. The lowest BCUT2D eigenvalue weighted by Crippen LogP contribution is -2.40. The van der Waals surface area contributed by atoms with Crippen molar-refractivity contribution in [1.82, 2.24) is 19.9 Å². The summed E-state index contributed by atoms with van der Waals surface area (Å²) in [6, 6.07) is 9.88. The predicted molar refractivity (Wildman–Crippen MR) is 91.1 cm³/mol. The second-order valence-electron chi connectivity index (χ2n) is 6.48. The van der Waals surface area contributed by atoms with E-state index in [1.807, 2.05) is 30.3 Å². The molecular weight excluding hydrogens is 320 g/mol. The fourth-order valence-electron chi connectivity index (χ4n) is 3.22. The molecule has 0 radical (unpaired) electrons. The Morgan fingerprint density at radius 3 is 2.80 bits per heavy atom. The molecule has 2 heterocycles. The number of likely N-dealkylation sites (tertiary alicyclic amines) is 1. The minimum absolute atomic E-state index is 0.126. The molecule has 1 fully saturated rings. The Morgan fingerprint density at radius 1 is 1.24 bits per heavy atom. The van der Waals surface area contributed by atoms with Crippen LogP contribution in [-0.4, -0.2) is 50.0 Å². The first-order chi connectivity index (χ1) is 12.1. The van der Waals surface area contributed by atoms with Crippen LogP contribution >= 0.6 is 0 Å². The van der Waals surface area contributed by atoms with Crippen molar-refractivity contribution < 1.29 is 14.7 Å². The molecule has 1 aliphatic heterocycles. The van der Waals surface area contributed by atoms with Crippen LogP contribution in [0.1, 0.15) is 41.7 Å². The van der Waals surface area contributed by atoms with Gasteiger partial charge in [0.05, 0.1) is 12.7 Å². The SMILES string of the molecule is O=C(O)CCC1CCCN(C(=O)c2cn(Cc3ccccc3)nn2)C1. The van der Waals surface area contributed by atoms with Crippen molar-refractivity contribution in [3.8, 4) is 0 Å². The Balaban J connectivity index is 1.60. The number of aliphatic carboxylic acids is 1. The van der Waals surface area contributed by atoms with E-state index in [1.54, 1.807) is 15.8 Å². The first kappa shape index (κ1) is 17.1. The molecule has 1 amide bonds. The number of carboxylic acids is 1. The lowest BCUT2D eigenvalue weighted by atomic mass is 9.93. The zero-order valence-electron chi connectivity index (χ0n) is 14.0. The summed E-state index contributed by atoms with van der Waals surface area (Å²) in [7, 11) is 0. The number of hydrogen-bond acceptors (Lipinski definition) is 4. The summed E-state index contributed by atoms with van der Waals surface area (Å²) in [5.41, 5.74) is 1.44. The lowest BCUT2D eigenvalue weighted by Gasteiger charge is -2.32.